The molecule has 0 fully saturated rings. The Bertz CT molecular complexity index is 1020. The Kier molecular flexibility index (Phi) is 3.46. The van der Waals surface area contributed by atoms with Crippen molar-refractivity contribution in [1.82, 2.24) is 15.0 Å². The molecule has 0 saturated carbocycles. The highest BCUT2D eigenvalue weighted by Gasteiger charge is 2.15. The number of carbonyl (C=O) groups excluding carboxylic acids is 1. The van der Waals surface area contributed by atoms with Crippen LogP contribution in [0.5, 0.6) is 0 Å². The van der Waals surface area contributed by atoms with Crippen LogP contribution in [-0.2, 0) is 0 Å². The molecule has 0 bridgehead atoms. The third-order valence-corrected chi connectivity index (χ3v) is 5.43. The number of para-hydroxylation sites is 2. The van der Waals surface area contributed by atoms with Gasteiger partial charge in [0.2, 0.25) is 5.95 Å². The number of benzene rings is 2. The summed E-state index contributed by atoms with van der Waals surface area (Å²) in [5.41, 5.74) is 3.14. The number of carbonyl (C=O) groups is 1. The highest BCUT2D eigenvalue weighted by Crippen LogP contribution is 2.30. The molecule has 0 unspecified atom stereocenters. The van der Waals surface area contributed by atoms with Crippen LogP contribution in [0.15, 0.2) is 51.5 Å². The number of anilines is 1. The lowest BCUT2D eigenvalue weighted by molar-refractivity contribution is 0.102. The van der Waals surface area contributed by atoms with Gasteiger partial charge in [0.25, 0.3) is 5.91 Å². The fourth-order valence-electron chi connectivity index (χ4n) is 2.49. The van der Waals surface area contributed by atoms with Gasteiger partial charge in [0.15, 0.2) is 0 Å². The molecule has 0 aliphatic carbocycles. The van der Waals surface area contributed by atoms with E-state index in [1.54, 1.807) is 6.20 Å². The summed E-state index contributed by atoms with van der Waals surface area (Å²) in [7, 11) is 0. The molecule has 0 spiro atoms. The average molecular weight is 434 g/mol. The largest absolute Gasteiger partial charge is 0.360 e. The van der Waals surface area contributed by atoms with Gasteiger partial charge in [0.1, 0.15) is 0 Å². The fourth-order valence-corrected chi connectivity index (χ4v) is 3.18. The minimum absolute atomic E-state index is 0.218. The van der Waals surface area contributed by atoms with Gasteiger partial charge in [-0.2, -0.15) is 0 Å². The molecule has 114 valence electrons. The summed E-state index contributed by atoms with van der Waals surface area (Å²) in [6, 6.07) is 11.5. The van der Waals surface area contributed by atoms with E-state index in [2.05, 4.69) is 52.1 Å². The van der Waals surface area contributed by atoms with Gasteiger partial charge in [-0.25, -0.2) is 4.98 Å². The number of H-pyrrole nitrogens is 2. The van der Waals surface area contributed by atoms with Crippen LogP contribution in [-0.4, -0.2) is 20.9 Å². The number of hydrogen-bond donors (Lipinski definition) is 3. The van der Waals surface area contributed by atoms with E-state index in [0.29, 0.717) is 11.5 Å². The van der Waals surface area contributed by atoms with Gasteiger partial charge in [0, 0.05) is 26.0 Å². The number of imidazole rings is 1. The number of amides is 1. The van der Waals surface area contributed by atoms with Gasteiger partial charge in [-0.1, -0.05) is 12.1 Å². The lowest BCUT2D eigenvalue weighted by atomic mass is 10.1. The van der Waals surface area contributed by atoms with Gasteiger partial charge < -0.3 is 9.97 Å². The van der Waals surface area contributed by atoms with E-state index in [0.717, 1.165) is 30.9 Å². The van der Waals surface area contributed by atoms with Crippen molar-refractivity contribution in [3.8, 4) is 0 Å². The Morgan fingerprint density at radius 3 is 2.70 bits per heavy atom. The van der Waals surface area contributed by atoms with Gasteiger partial charge in [-0.05, 0) is 56.1 Å². The van der Waals surface area contributed by atoms with Crippen molar-refractivity contribution in [2.24, 2.45) is 0 Å². The lowest BCUT2D eigenvalue weighted by Gasteiger charge is -2.01. The van der Waals surface area contributed by atoms with Crippen molar-refractivity contribution in [1.29, 1.82) is 0 Å². The molecule has 0 atom stereocenters. The summed E-state index contributed by atoms with van der Waals surface area (Å²) in [5, 5.41) is 3.65. The van der Waals surface area contributed by atoms with Crippen LogP contribution in [0.1, 0.15) is 10.4 Å². The maximum atomic E-state index is 12.5. The Morgan fingerprint density at radius 2 is 1.87 bits per heavy atom. The monoisotopic (exact) mass is 432 g/mol. The van der Waals surface area contributed by atoms with E-state index < -0.39 is 0 Å². The molecular weight excluding hydrogens is 424 g/mol. The van der Waals surface area contributed by atoms with E-state index in [1.165, 1.54) is 0 Å². The predicted molar refractivity (Wildman–Crippen MR) is 97.7 cm³/mol. The summed E-state index contributed by atoms with van der Waals surface area (Å²) in [4.78, 5) is 23.1. The number of fused-ring (bicyclic) bond motifs is 2. The van der Waals surface area contributed by atoms with Crippen molar-refractivity contribution < 1.29 is 4.79 Å². The second kappa shape index (κ2) is 5.50. The molecule has 4 rings (SSSR count). The van der Waals surface area contributed by atoms with E-state index >= 15 is 0 Å². The molecule has 7 heteroatoms. The Hall–Kier alpha value is -2.12. The number of hydrogen-bond acceptors (Lipinski definition) is 2. The third-order valence-electron chi connectivity index (χ3n) is 3.59. The summed E-state index contributed by atoms with van der Waals surface area (Å²) in [6.45, 7) is 0. The minimum atomic E-state index is -0.218. The maximum absolute atomic E-state index is 12.5. The predicted octanol–water partition coefficient (Wildman–Crippen LogP) is 4.82. The number of aromatic nitrogens is 3. The molecule has 0 radical (unpaired) electrons. The topological polar surface area (TPSA) is 73.6 Å². The molecule has 23 heavy (non-hydrogen) atoms. The van der Waals surface area contributed by atoms with Crippen LogP contribution in [0.3, 0.4) is 0 Å². The number of halogens is 2. The Balaban J connectivity index is 1.70. The highest BCUT2D eigenvalue weighted by atomic mass is 79.9. The molecule has 4 aromatic rings. The smallest absolute Gasteiger partial charge is 0.260 e. The molecule has 5 nitrogen and oxygen atoms in total. The zero-order chi connectivity index (χ0) is 16.0. The van der Waals surface area contributed by atoms with Crippen LogP contribution in [0.2, 0.25) is 0 Å². The molecule has 2 heterocycles. The van der Waals surface area contributed by atoms with Crippen LogP contribution >= 0.6 is 31.9 Å². The van der Waals surface area contributed by atoms with Gasteiger partial charge in [-0.3, -0.25) is 10.1 Å². The second-order valence-electron chi connectivity index (χ2n) is 5.07. The lowest BCUT2D eigenvalue weighted by Crippen LogP contribution is -2.12. The van der Waals surface area contributed by atoms with E-state index in [9.17, 15) is 4.79 Å². The molecular formula is C16H10Br2N4O. The Morgan fingerprint density at radius 1 is 1.09 bits per heavy atom. The number of nitrogens with zero attached hydrogens (tertiary/aromatic N) is 1. The van der Waals surface area contributed by atoms with Gasteiger partial charge in [0.05, 0.1) is 16.6 Å². The molecule has 0 aliphatic heterocycles. The second-order valence-corrected chi connectivity index (χ2v) is 6.78. The zero-order valence-electron chi connectivity index (χ0n) is 11.7. The standard InChI is InChI=1S/C16H10Br2N4O/c17-10-5-8-9(7-19-14(8)6-11(10)18)15(23)22-16-20-12-3-1-2-4-13(12)21-16/h1-7,19H,(H2,20,21,22,23). The summed E-state index contributed by atoms with van der Waals surface area (Å²) < 4.78 is 1.82. The summed E-state index contributed by atoms with van der Waals surface area (Å²) >= 11 is 6.92. The SMILES string of the molecule is O=C(Nc1nc2ccccc2[nH]1)c1c[nH]c2cc(Br)c(Br)cc12. The Labute approximate surface area is 147 Å². The molecule has 1 amide bonds. The van der Waals surface area contributed by atoms with Crippen LogP contribution in [0, 0.1) is 0 Å². The molecule has 3 N–H and O–H groups in total. The first-order valence-electron chi connectivity index (χ1n) is 6.84. The fraction of sp³-hybridized carbons (Fsp3) is 0. The van der Waals surface area contributed by atoms with Gasteiger partial charge >= 0.3 is 0 Å². The van der Waals surface area contributed by atoms with Gasteiger partial charge in [-0.15, -0.1) is 0 Å². The van der Waals surface area contributed by atoms with Crippen molar-refractivity contribution >= 4 is 65.7 Å². The highest BCUT2D eigenvalue weighted by molar-refractivity contribution is 9.13. The van der Waals surface area contributed by atoms with Crippen LogP contribution in [0.4, 0.5) is 5.95 Å². The first kappa shape index (κ1) is 14.5. The number of aromatic amines is 2. The van der Waals surface area contributed by atoms with E-state index in [-0.39, 0.29) is 5.91 Å². The van der Waals surface area contributed by atoms with Crippen LogP contribution in [0.25, 0.3) is 21.9 Å². The molecule has 0 aliphatic rings. The maximum Gasteiger partial charge on any atom is 0.260 e. The quantitative estimate of drug-likeness (QED) is 0.424. The molecule has 0 saturated heterocycles. The average Bonchev–Trinajstić information content (AvgIpc) is 3.10. The summed E-state index contributed by atoms with van der Waals surface area (Å²) in [6.07, 6.45) is 1.70. The number of nitrogens with one attached hydrogen (secondary N) is 3. The summed E-state index contributed by atoms with van der Waals surface area (Å²) in [5.74, 6) is 0.214. The third kappa shape index (κ3) is 2.55. The van der Waals surface area contributed by atoms with Crippen LogP contribution < -0.4 is 5.32 Å². The molecule has 2 aromatic carbocycles. The van der Waals surface area contributed by atoms with Crippen molar-refractivity contribution in [2.75, 3.05) is 5.32 Å². The molecule has 2 aromatic heterocycles. The zero-order valence-corrected chi connectivity index (χ0v) is 14.8. The first-order valence-corrected chi connectivity index (χ1v) is 8.42. The van der Waals surface area contributed by atoms with E-state index in [1.807, 2.05) is 36.4 Å². The number of rotatable bonds is 2. The minimum Gasteiger partial charge on any atom is -0.360 e. The van der Waals surface area contributed by atoms with Crippen molar-refractivity contribution in [2.45, 2.75) is 0 Å². The van der Waals surface area contributed by atoms with E-state index in [4.69, 9.17) is 0 Å². The van der Waals surface area contributed by atoms with Crippen molar-refractivity contribution in [3.63, 3.8) is 0 Å². The van der Waals surface area contributed by atoms with Crippen molar-refractivity contribution in [3.05, 3.63) is 57.1 Å². The normalized spacial score (nSPS) is 11.2. The first-order chi connectivity index (χ1) is 11.1.